The van der Waals surface area contributed by atoms with Crippen LogP contribution in [0.1, 0.15) is 55.4 Å². The fraction of sp³-hybridized carbons (Fsp3) is 0.149. The second-order valence-electron chi connectivity index (χ2n) is 13.8. The van der Waals surface area contributed by atoms with Crippen LogP contribution in [0.4, 0.5) is 0 Å². The molecule has 0 saturated carbocycles. The van der Waals surface area contributed by atoms with Crippen LogP contribution in [0.5, 0.6) is 0 Å². The van der Waals surface area contributed by atoms with E-state index in [4.69, 9.17) is 0 Å². The molecule has 1 unspecified atom stereocenters. The normalized spacial score (nSPS) is 13.7. The largest absolute Gasteiger partial charge is 0.0622 e. The minimum atomic E-state index is -0.0490. The Morgan fingerprint density at radius 3 is 1.83 bits per heavy atom. The molecule has 0 spiro atoms. The van der Waals surface area contributed by atoms with E-state index in [0.29, 0.717) is 5.92 Å². The number of rotatable bonds is 7. The van der Waals surface area contributed by atoms with Crippen LogP contribution in [0.2, 0.25) is 0 Å². The first-order valence-electron chi connectivity index (χ1n) is 17.0. The molecular weight excluding hydrogens is 565 g/mol. The molecule has 7 aromatic carbocycles. The van der Waals surface area contributed by atoms with Gasteiger partial charge in [0.1, 0.15) is 0 Å². The average molecular weight is 605 g/mol. The Morgan fingerprint density at radius 2 is 1.04 bits per heavy atom. The topological polar surface area (TPSA) is 0 Å². The van der Waals surface area contributed by atoms with Crippen LogP contribution in [0.15, 0.2) is 158 Å². The summed E-state index contributed by atoms with van der Waals surface area (Å²) in [6, 6.07) is 58.4. The number of hydrogen-bond acceptors (Lipinski definition) is 0. The fourth-order valence-electron chi connectivity index (χ4n) is 7.60. The van der Waals surface area contributed by atoms with E-state index in [-0.39, 0.29) is 5.41 Å². The van der Waals surface area contributed by atoms with Gasteiger partial charge in [-0.25, -0.2) is 0 Å². The summed E-state index contributed by atoms with van der Waals surface area (Å²) in [6.45, 7) is 7.18. The van der Waals surface area contributed by atoms with Gasteiger partial charge in [0.05, 0.1) is 0 Å². The molecule has 0 heterocycles. The average Bonchev–Trinajstić information content (AvgIpc) is 3.36. The second-order valence-corrected chi connectivity index (χ2v) is 13.8. The molecule has 1 atom stereocenters. The maximum Gasteiger partial charge on any atom is 0.0159 e. The summed E-state index contributed by atoms with van der Waals surface area (Å²) in [5, 5.41) is 2.58. The zero-order valence-electron chi connectivity index (χ0n) is 27.5. The van der Waals surface area contributed by atoms with Gasteiger partial charge < -0.3 is 0 Å². The monoisotopic (exact) mass is 604 g/mol. The van der Waals surface area contributed by atoms with Gasteiger partial charge in [-0.15, -0.1) is 0 Å². The molecule has 0 aromatic heterocycles. The van der Waals surface area contributed by atoms with Gasteiger partial charge in [0, 0.05) is 5.41 Å². The van der Waals surface area contributed by atoms with Crippen molar-refractivity contribution in [1.29, 1.82) is 0 Å². The minimum Gasteiger partial charge on any atom is -0.0622 e. The van der Waals surface area contributed by atoms with Crippen molar-refractivity contribution in [3.63, 3.8) is 0 Å². The first-order valence-corrected chi connectivity index (χ1v) is 17.0. The van der Waals surface area contributed by atoms with Crippen LogP contribution < -0.4 is 0 Å². The van der Waals surface area contributed by atoms with Gasteiger partial charge in [0.2, 0.25) is 0 Å². The molecule has 0 heteroatoms. The quantitative estimate of drug-likeness (QED) is 0.170. The maximum atomic E-state index is 2.50. The molecule has 0 radical (unpaired) electrons. The van der Waals surface area contributed by atoms with E-state index in [1.807, 2.05) is 0 Å². The Kier molecular flexibility index (Phi) is 7.38. The molecule has 0 fully saturated rings. The smallest absolute Gasteiger partial charge is 0.0159 e. The Labute approximate surface area is 279 Å². The Hall–Kier alpha value is -5.20. The van der Waals surface area contributed by atoms with Crippen molar-refractivity contribution in [2.45, 2.75) is 44.9 Å². The predicted octanol–water partition coefficient (Wildman–Crippen LogP) is 12.9. The SMILES string of the molecule is CC(CCc1ccc(-c2ccccc2)cc1)c1ccc2c(c1)C(C)(C)c1cc(-c3ccc(-c4cccc5ccccc45)cc3)ccc1-2. The van der Waals surface area contributed by atoms with Crippen LogP contribution in [-0.4, -0.2) is 0 Å². The van der Waals surface area contributed by atoms with E-state index in [1.54, 1.807) is 0 Å². The highest BCUT2D eigenvalue weighted by Crippen LogP contribution is 2.50. The third kappa shape index (κ3) is 5.38. The van der Waals surface area contributed by atoms with Crippen LogP contribution in [-0.2, 0) is 11.8 Å². The van der Waals surface area contributed by atoms with Crippen LogP contribution in [0.25, 0.3) is 55.3 Å². The highest BCUT2D eigenvalue weighted by molar-refractivity contribution is 5.97. The summed E-state index contributed by atoms with van der Waals surface area (Å²) >= 11 is 0. The lowest BCUT2D eigenvalue weighted by molar-refractivity contribution is 0.648. The molecule has 8 rings (SSSR count). The van der Waals surface area contributed by atoms with E-state index < -0.39 is 0 Å². The summed E-state index contributed by atoms with van der Waals surface area (Å²) in [5.74, 6) is 0.490. The fourth-order valence-corrected chi connectivity index (χ4v) is 7.60. The van der Waals surface area contributed by atoms with Crippen LogP contribution in [0, 0.1) is 0 Å². The molecule has 47 heavy (non-hydrogen) atoms. The van der Waals surface area contributed by atoms with Crippen LogP contribution >= 0.6 is 0 Å². The predicted molar refractivity (Wildman–Crippen MR) is 201 cm³/mol. The highest BCUT2D eigenvalue weighted by Gasteiger charge is 2.36. The standard InChI is InChI=1S/C47H40/c1-32(16-17-33-18-20-35(21-19-33)34-10-5-4-6-11-34)39-26-28-43-44-29-27-40(31-46(44)47(2,3)45(43)30-39)36-22-24-38(25-23-36)42-15-9-13-37-12-7-8-14-41(37)42/h4-15,18-32H,16-17H2,1-3H3. The number of hydrogen-bond donors (Lipinski definition) is 0. The number of benzene rings is 7. The van der Waals surface area contributed by atoms with Crippen LogP contribution in [0.3, 0.4) is 0 Å². The maximum absolute atomic E-state index is 2.50. The Morgan fingerprint density at radius 1 is 0.468 bits per heavy atom. The molecule has 1 aliphatic carbocycles. The molecule has 0 aliphatic heterocycles. The minimum absolute atomic E-state index is 0.0490. The first kappa shape index (κ1) is 29.2. The van der Waals surface area contributed by atoms with E-state index >= 15 is 0 Å². The molecule has 228 valence electrons. The molecule has 0 saturated heterocycles. The van der Waals surface area contributed by atoms with Gasteiger partial charge in [0.15, 0.2) is 0 Å². The lowest BCUT2D eigenvalue weighted by Gasteiger charge is -2.23. The lowest BCUT2D eigenvalue weighted by atomic mass is 9.80. The van der Waals surface area contributed by atoms with Gasteiger partial charge in [-0.2, -0.15) is 0 Å². The van der Waals surface area contributed by atoms with Gasteiger partial charge in [-0.1, -0.05) is 172 Å². The first-order chi connectivity index (χ1) is 23.0. The lowest BCUT2D eigenvalue weighted by Crippen LogP contribution is -2.15. The summed E-state index contributed by atoms with van der Waals surface area (Å²) in [5.41, 5.74) is 16.1. The summed E-state index contributed by atoms with van der Waals surface area (Å²) in [7, 11) is 0. The number of fused-ring (bicyclic) bond motifs is 4. The Balaban J connectivity index is 1.00. The molecule has 0 amide bonds. The molecule has 0 N–H and O–H groups in total. The van der Waals surface area contributed by atoms with Gasteiger partial charge in [-0.3, -0.25) is 0 Å². The van der Waals surface area contributed by atoms with Crippen molar-refractivity contribution in [2.75, 3.05) is 0 Å². The molecule has 7 aromatic rings. The van der Waals surface area contributed by atoms with E-state index in [9.17, 15) is 0 Å². The van der Waals surface area contributed by atoms with E-state index in [0.717, 1.165) is 12.8 Å². The number of aryl methyl sites for hydroxylation is 1. The van der Waals surface area contributed by atoms with Crippen molar-refractivity contribution < 1.29 is 0 Å². The summed E-state index contributed by atoms with van der Waals surface area (Å²) in [6.07, 6.45) is 2.22. The molecule has 0 bridgehead atoms. The highest BCUT2D eigenvalue weighted by atomic mass is 14.4. The van der Waals surface area contributed by atoms with Crippen molar-refractivity contribution >= 4 is 10.8 Å². The Bertz CT molecular complexity index is 2190. The van der Waals surface area contributed by atoms with E-state index in [2.05, 4.69) is 178 Å². The summed E-state index contributed by atoms with van der Waals surface area (Å²) in [4.78, 5) is 0. The van der Waals surface area contributed by atoms with Crippen molar-refractivity contribution in [3.05, 3.63) is 180 Å². The zero-order valence-corrected chi connectivity index (χ0v) is 27.5. The van der Waals surface area contributed by atoms with E-state index in [1.165, 1.54) is 77.5 Å². The third-order valence-electron chi connectivity index (χ3n) is 10.5. The van der Waals surface area contributed by atoms with Crippen molar-refractivity contribution in [1.82, 2.24) is 0 Å². The van der Waals surface area contributed by atoms with Gasteiger partial charge in [0.25, 0.3) is 0 Å². The van der Waals surface area contributed by atoms with Gasteiger partial charge in [-0.05, 0) is 102 Å². The zero-order chi connectivity index (χ0) is 32.0. The van der Waals surface area contributed by atoms with Gasteiger partial charge >= 0.3 is 0 Å². The molecule has 0 nitrogen and oxygen atoms in total. The van der Waals surface area contributed by atoms with Crippen molar-refractivity contribution in [2.24, 2.45) is 0 Å². The summed E-state index contributed by atoms with van der Waals surface area (Å²) < 4.78 is 0. The third-order valence-corrected chi connectivity index (χ3v) is 10.5. The molecule has 1 aliphatic rings. The second kappa shape index (κ2) is 11.9. The van der Waals surface area contributed by atoms with Crippen molar-refractivity contribution in [3.8, 4) is 44.5 Å². The molecular formula is C47H40.